The minimum Gasteiger partial charge on any atom is -0.314 e. The molecule has 6 heteroatoms. The van der Waals surface area contributed by atoms with Crippen LogP contribution in [-0.2, 0) is 4.79 Å². The van der Waals surface area contributed by atoms with Gasteiger partial charge in [0.1, 0.15) is 0 Å². The Kier molecular flexibility index (Phi) is 6.75. The van der Waals surface area contributed by atoms with Gasteiger partial charge in [0.15, 0.2) is 0 Å². The third-order valence-corrected chi connectivity index (χ3v) is 4.86. The Morgan fingerprint density at radius 3 is 2.36 bits per heavy atom. The Morgan fingerprint density at radius 1 is 1.20 bits per heavy atom. The van der Waals surface area contributed by atoms with Crippen LogP contribution < -0.4 is 16.7 Å². The molecule has 1 saturated carbocycles. The van der Waals surface area contributed by atoms with E-state index in [1.807, 2.05) is 7.05 Å². The van der Waals surface area contributed by atoms with Crippen LogP contribution in [0.15, 0.2) is 29.6 Å². The van der Waals surface area contributed by atoms with Crippen LogP contribution in [0, 0.1) is 6.92 Å². The van der Waals surface area contributed by atoms with Crippen molar-refractivity contribution >= 4 is 35.6 Å². The van der Waals surface area contributed by atoms with Gasteiger partial charge in [0.2, 0.25) is 6.41 Å². The molecule has 1 aromatic carbocycles. The molecule has 1 aliphatic carbocycles. The van der Waals surface area contributed by atoms with E-state index in [4.69, 9.17) is 11.7 Å². The number of nitrogens with two attached hydrogens (primary N) is 2. The molecular weight excluding hydrogens is 332 g/mol. The normalized spacial score (nSPS) is 13.3. The zero-order chi connectivity index (χ0) is 18.4. The highest BCUT2D eigenvalue weighted by atomic mass is 32.1. The largest absolute Gasteiger partial charge is 0.314 e. The molecule has 1 fully saturated rings. The van der Waals surface area contributed by atoms with Crippen molar-refractivity contribution in [3.8, 4) is 0 Å². The van der Waals surface area contributed by atoms with Crippen molar-refractivity contribution in [1.82, 2.24) is 5.01 Å². The second kappa shape index (κ2) is 8.80. The predicted molar refractivity (Wildman–Crippen MR) is 107 cm³/mol. The van der Waals surface area contributed by atoms with E-state index < -0.39 is 0 Å². The molecule has 1 amide bonds. The first kappa shape index (κ1) is 19.2. The number of carbonyl (C=O) groups excluding carboxylic acids is 1. The predicted octanol–water partition coefficient (Wildman–Crippen LogP) is 3.36. The Hall–Kier alpha value is -2.15. The molecule has 3 rings (SSSR count). The smallest absolute Gasteiger partial charge is 0.223 e. The molecule has 0 saturated heterocycles. The molecular formula is C19H26N4OS. The zero-order valence-corrected chi connectivity index (χ0v) is 15.8. The number of thiophene rings is 1. The Bertz CT molecular complexity index is 713. The van der Waals surface area contributed by atoms with Crippen LogP contribution in [0.5, 0.6) is 0 Å². The molecule has 2 aromatic rings. The van der Waals surface area contributed by atoms with E-state index in [0.29, 0.717) is 6.41 Å². The molecule has 0 unspecified atom stereocenters. The van der Waals surface area contributed by atoms with Gasteiger partial charge in [-0.3, -0.25) is 9.80 Å². The van der Waals surface area contributed by atoms with Crippen molar-refractivity contribution in [3.63, 3.8) is 0 Å². The van der Waals surface area contributed by atoms with E-state index in [1.54, 1.807) is 16.3 Å². The summed E-state index contributed by atoms with van der Waals surface area (Å²) in [6, 6.07) is 8.65. The number of hydrazine groups is 2. The lowest BCUT2D eigenvalue weighted by molar-refractivity contribution is -0.117. The fourth-order valence-electron chi connectivity index (χ4n) is 2.52. The third kappa shape index (κ3) is 5.70. The first-order valence-electron chi connectivity index (χ1n) is 8.19. The minimum absolute atomic E-state index is 0.528. The summed E-state index contributed by atoms with van der Waals surface area (Å²) in [4.78, 5) is 10.6. The Labute approximate surface area is 153 Å². The molecule has 0 bridgehead atoms. The number of rotatable bonds is 5. The molecule has 25 heavy (non-hydrogen) atoms. The molecule has 4 N–H and O–H groups in total. The molecule has 1 aromatic heterocycles. The SMILES string of the molecule is CN(N)C=O.Cc1csc(/C=C/c2c(C3CC3)cccc2N(C)N)c1. The second-order valence-electron chi connectivity index (χ2n) is 6.30. The summed E-state index contributed by atoms with van der Waals surface area (Å²) in [5.41, 5.74) is 5.12. The van der Waals surface area contributed by atoms with Gasteiger partial charge in [0.05, 0.1) is 5.69 Å². The molecule has 1 aliphatic rings. The van der Waals surface area contributed by atoms with Crippen LogP contribution in [0.2, 0.25) is 0 Å². The summed E-state index contributed by atoms with van der Waals surface area (Å²) >= 11 is 1.78. The van der Waals surface area contributed by atoms with Gasteiger partial charge in [-0.05, 0) is 60.4 Å². The van der Waals surface area contributed by atoms with Crippen LogP contribution in [0.4, 0.5) is 5.69 Å². The van der Waals surface area contributed by atoms with Crippen molar-refractivity contribution in [1.29, 1.82) is 0 Å². The van der Waals surface area contributed by atoms with Gasteiger partial charge in [-0.1, -0.05) is 18.2 Å². The highest BCUT2D eigenvalue weighted by molar-refractivity contribution is 7.11. The number of aryl methyl sites for hydroxylation is 1. The fraction of sp³-hybridized carbons (Fsp3) is 0.316. The van der Waals surface area contributed by atoms with Crippen molar-refractivity contribution in [3.05, 3.63) is 51.2 Å². The molecule has 0 spiro atoms. The number of benzene rings is 1. The standard InChI is InChI=1S/C17H20N2S.C2H6N2O/c1-12-10-14(20-11-12)8-9-16-15(13-6-7-13)4-3-5-17(16)19(2)18;1-4(3)2-5/h3-5,8-11,13H,6-7,18H2,1-2H3;2H,3H2,1H3/b9-8+;. The summed E-state index contributed by atoms with van der Waals surface area (Å²) in [6.07, 6.45) is 7.55. The highest BCUT2D eigenvalue weighted by Gasteiger charge is 2.26. The van der Waals surface area contributed by atoms with E-state index in [-0.39, 0.29) is 0 Å². The highest BCUT2D eigenvalue weighted by Crippen LogP contribution is 2.44. The maximum Gasteiger partial charge on any atom is 0.223 e. The maximum absolute atomic E-state index is 9.31. The Morgan fingerprint density at radius 2 is 1.88 bits per heavy atom. The van der Waals surface area contributed by atoms with Crippen LogP contribution in [0.25, 0.3) is 12.2 Å². The van der Waals surface area contributed by atoms with Gasteiger partial charge in [0.25, 0.3) is 0 Å². The van der Waals surface area contributed by atoms with Crippen molar-refractivity contribution in [2.75, 3.05) is 19.1 Å². The number of carbonyl (C=O) groups is 1. The average Bonchev–Trinajstić information content (AvgIpc) is 3.35. The van der Waals surface area contributed by atoms with E-state index in [1.165, 1.54) is 41.5 Å². The van der Waals surface area contributed by atoms with Crippen LogP contribution >= 0.6 is 11.3 Å². The molecule has 0 atom stereocenters. The molecule has 5 nitrogen and oxygen atoms in total. The summed E-state index contributed by atoms with van der Waals surface area (Å²) in [5.74, 6) is 11.5. The molecule has 0 aliphatic heterocycles. The van der Waals surface area contributed by atoms with Gasteiger partial charge in [0, 0.05) is 24.5 Å². The lowest BCUT2D eigenvalue weighted by Crippen LogP contribution is -2.26. The van der Waals surface area contributed by atoms with Crippen LogP contribution in [0.1, 0.15) is 40.3 Å². The van der Waals surface area contributed by atoms with E-state index in [9.17, 15) is 4.79 Å². The van der Waals surface area contributed by atoms with Crippen molar-refractivity contribution in [2.24, 2.45) is 11.7 Å². The van der Waals surface area contributed by atoms with Crippen molar-refractivity contribution in [2.45, 2.75) is 25.7 Å². The van der Waals surface area contributed by atoms with Gasteiger partial charge >= 0.3 is 0 Å². The first-order chi connectivity index (χ1) is 11.9. The molecule has 0 radical (unpaired) electrons. The first-order valence-corrected chi connectivity index (χ1v) is 9.07. The molecule has 134 valence electrons. The average molecular weight is 359 g/mol. The van der Waals surface area contributed by atoms with Crippen LogP contribution in [0.3, 0.4) is 0 Å². The number of nitrogens with zero attached hydrogens (tertiary/aromatic N) is 2. The number of hydrogen-bond acceptors (Lipinski definition) is 5. The summed E-state index contributed by atoms with van der Waals surface area (Å²) in [5, 5.41) is 4.84. The maximum atomic E-state index is 9.31. The van der Waals surface area contributed by atoms with E-state index in [0.717, 1.165) is 16.6 Å². The van der Waals surface area contributed by atoms with Gasteiger partial charge < -0.3 is 5.01 Å². The minimum atomic E-state index is 0.528. The summed E-state index contributed by atoms with van der Waals surface area (Å²) in [6.45, 7) is 2.13. The number of anilines is 1. The van der Waals surface area contributed by atoms with E-state index >= 15 is 0 Å². The van der Waals surface area contributed by atoms with Gasteiger partial charge in [-0.2, -0.15) is 0 Å². The molecule has 1 heterocycles. The quantitative estimate of drug-likeness (QED) is 0.372. The monoisotopic (exact) mass is 358 g/mol. The van der Waals surface area contributed by atoms with Gasteiger partial charge in [-0.25, -0.2) is 11.7 Å². The van der Waals surface area contributed by atoms with Crippen molar-refractivity contribution < 1.29 is 4.79 Å². The number of hydrogen-bond donors (Lipinski definition) is 2. The fourth-order valence-corrected chi connectivity index (χ4v) is 3.31. The zero-order valence-electron chi connectivity index (χ0n) is 15.0. The summed E-state index contributed by atoms with van der Waals surface area (Å²) < 4.78 is 0. The Balaban J connectivity index is 0.000000399. The third-order valence-electron chi connectivity index (χ3n) is 3.85. The second-order valence-corrected chi connectivity index (χ2v) is 7.24. The van der Waals surface area contributed by atoms with Crippen LogP contribution in [-0.4, -0.2) is 25.5 Å². The summed E-state index contributed by atoms with van der Waals surface area (Å²) in [7, 11) is 3.37. The lowest BCUT2D eigenvalue weighted by Gasteiger charge is -2.18. The van der Waals surface area contributed by atoms with Gasteiger partial charge in [-0.15, -0.1) is 11.3 Å². The van der Waals surface area contributed by atoms with E-state index in [2.05, 4.69) is 48.7 Å². The lowest BCUT2D eigenvalue weighted by atomic mass is 10.0. The topological polar surface area (TPSA) is 75.6 Å². The number of amides is 1.